The number of phenols is 1. The van der Waals surface area contributed by atoms with Crippen LogP contribution in [0, 0.1) is 0 Å². The maximum absolute atomic E-state index is 12.0. The number of hydrazone groups is 1. The average Bonchev–Trinajstić information content (AvgIpc) is 2.67. The zero-order valence-corrected chi connectivity index (χ0v) is 14.3. The molecule has 132 valence electrons. The minimum Gasteiger partial charge on any atom is -0.507 e. The lowest BCUT2D eigenvalue weighted by Gasteiger charge is -2.08. The number of nitrogens with one attached hydrogen (secondary N) is 2. The third kappa shape index (κ3) is 4.10. The van der Waals surface area contributed by atoms with Gasteiger partial charge in [-0.15, -0.1) is 0 Å². The number of carbonyl (C=O) groups excluding carboxylic acids is 1. The predicted octanol–water partition coefficient (Wildman–Crippen LogP) is 3.12. The second-order valence-corrected chi connectivity index (χ2v) is 5.60. The zero-order chi connectivity index (χ0) is 18.4. The largest absolute Gasteiger partial charge is 0.507 e. The summed E-state index contributed by atoms with van der Waals surface area (Å²) in [6, 6.07) is 18.7. The normalized spacial score (nSPS) is 10.8. The molecule has 0 aromatic heterocycles. The Bertz CT molecular complexity index is 949. The number of benzene rings is 3. The van der Waals surface area contributed by atoms with Crippen LogP contribution in [0.25, 0.3) is 10.8 Å². The van der Waals surface area contributed by atoms with Crippen LogP contribution >= 0.6 is 0 Å². The summed E-state index contributed by atoms with van der Waals surface area (Å²) in [5.41, 5.74) is 3.79. The van der Waals surface area contributed by atoms with E-state index in [4.69, 9.17) is 4.74 Å². The number of rotatable bonds is 6. The number of anilines is 1. The molecule has 0 radical (unpaired) electrons. The maximum atomic E-state index is 12.0. The highest BCUT2D eigenvalue weighted by Gasteiger charge is 2.04. The van der Waals surface area contributed by atoms with Gasteiger partial charge in [-0.2, -0.15) is 5.10 Å². The molecule has 0 saturated carbocycles. The molecular formula is C20H19N3O3. The van der Waals surface area contributed by atoms with Gasteiger partial charge in [0.05, 0.1) is 19.9 Å². The molecule has 3 N–H and O–H groups in total. The SMILES string of the molecule is COc1ccc(/C=N/NC(=O)CNc2cccc3ccccc23)c(O)c1. The highest BCUT2D eigenvalue weighted by molar-refractivity contribution is 5.95. The molecule has 0 aliphatic heterocycles. The van der Waals surface area contributed by atoms with Gasteiger partial charge in [-0.3, -0.25) is 4.79 Å². The van der Waals surface area contributed by atoms with E-state index in [1.807, 2.05) is 42.5 Å². The van der Waals surface area contributed by atoms with Crippen LogP contribution in [0.1, 0.15) is 5.56 Å². The molecule has 1 amide bonds. The Labute approximate surface area is 151 Å². The Morgan fingerprint density at radius 3 is 2.77 bits per heavy atom. The number of amides is 1. The van der Waals surface area contributed by atoms with Gasteiger partial charge in [0.15, 0.2) is 0 Å². The fourth-order valence-corrected chi connectivity index (χ4v) is 2.53. The lowest BCUT2D eigenvalue weighted by molar-refractivity contribution is -0.119. The van der Waals surface area contributed by atoms with Gasteiger partial charge in [-0.1, -0.05) is 36.4 Å². The number of ether oxygens (including phenoxy) is 1. The molecule has 0 atom stereocenters. The summed E-state index contributed by atoms with van der Waals surface area (Å²) in [4.78, 5) is 12.0. The quantitative estimate of drug-likeness (QED) is 0.472. The van der Waals surface area contributed by atoms with Gasteiger partial charge < -0.3 is 15.2 Å². The summed E-state index contributed by atoms with van der Waals surface area (Å²) in [6.45, 7) is 0.0833. The molecule has 6 nitrogen and oxygen atoms in total. The van der Waals surface area contributed by atoms with Crippen LogP contribution < -0.4 is 15.5 Å². The average molecular weight is 349 g/mol. The summed E-state index contributed by atoms with van der Waals surface area (Å²) in [5.74, 6) is 0.279. The van der Waals surface area contributed by atoms with Gasteiger partial charge in [0, 0.05) is 22.7 Å². The number of carbonyl (C=O) groups is 1. The molecule has 3 aromatic rings. The van der Waals surface area contributed by atoms with Crippen molar-refractivity contribution in [3.63, 3.8) is 0 Å². The second kappa shape index (κ2) is 8.02. The molecule has 0 bridgehead atoms. The number of hydrogen-bond donors (Lipinski definition) is 3. The molecule has 0 spiro atoms. The number of aromatic hydroxyl groups is 1. The smallest absolute Gasteiger partial charge is 0.259 e. The Hall–Kier alpha value is -3.54. The van der Waals surface area contributed by atoms with Crippen molar-refractivity contribution in [2.24, 2.45) is 5.10 Å². The molecule has 0 unspecified atom stereocenters. The highest BCUT2D eigenvalue weighted by Crippen LogP contribution is 2.23. The van der Waals surface area contributed by atoms with E-state index in [9.17, 15) is 9.90 Å². The fourth-order valence-electron chi connectivity index (χ4n) is 2.53. The van der Waals surface area contributed by atoms with Gasteiger partial charge in [0.1, 0.15) is 11.5 Å². The number of hydrogen-bond acceptors (Lipinski definition) is 5. The standard InChI is InChI=1S/C20H19N3O3/c1-26-16-10-9-15(19(24)11-16)12-22-23-20(25)13-21-18-8-4-6-14-5-2-3-7-17(14)18/h2-12,21,24H,13H2,1H3,(H,23,25)/b22-12+. The first-order valence-corrected chi connectivity index (χ1v) is 8.08. The zero-order valence-electron chi connectivity index (χ0n) is 14.3. The Balaban J connectivity index is 1.57. The lowest BCUT2D eigenvalue weighted by atomic mass is 10.1. The minimum atomic E-state index is -0.290. The number of nitrogens with zero attached hydrogens (tertiary/aromatic N) is 1. The molecule has 3 rings (SSSR count). The highest BCUT2D eigenvalue weighted by atomic mass is 16.5. The van der Waals surface area contributed by atoms with E-state index in [1.165, 1.54) is 19.4 Å². The molecule has 0 fully saturated rings. The van der Waals surface area contributed by atoms with E-state index < -0.39 is 0 Å². The molecule has 3 aromatic carbocycles. The monoisotopic (exact) mass is 349 g/mol. The van der Waals surface area contributed by atoms with Crippen molar-refractivity contribution in [1.82, 2.24) is 5.43 Å². The number of methoxy groups -OCH3 is 1. The number of fused-ring (bicyclic) bond motifs is 1. The van der Waals surface area contributed by atoms with E-state index in [0.29, 0.717) is 11.3 Å². The van der Waals surface area contributed by atoms with E-state index in [1.54, 1.807) is 12.1 Å². The van der Waals surface area contributed by atoms with Crippen LogP contribution in [0.4, 0.5) is 5.69 Å². The number of phenolic OH excluding ortho intramolecular Hbond substituents is 1. The Kier molecular flexibility index (Phi) is 5.34. The van der Waals surface area contributed by atoms with Crippen LogP contribution in [-0.2, 0) is 4.79 Å². The topological polar surface area (TPSA) is 83.0 Å². The molecular weight excluding hydrogens is 330 g/mol. The van der Waals surface area contributed by atoms with E-state index in [2.05, 4.69) is 15.8 Å². The first kappa shape index (κ1) is 17.3. The molecule has 0 aliphatic carbocycles. The van der Waals surface area contributed by atoms with Crippen molar-refractivity contribution < 1.29 is 14.6 Å². The third-order valence-corrected chi connectivity index (χ3v) is 3.86. The summed E-state index contributed by atoms with van der Waals surface area (Å²) >= 11 is 0. The lowest BCUT2D eigenvalue weighted by Crippen LogP contribution is -2.25. The van der Waals surface area contributed by atoms with Crippen LogP contribution in [-0.4, -0.2) is 30.9 Å². The van der Waals surface area contributed by atoms with Crippen molar-refractivity contribution >= 4 is 28.6 Å². The Morgan fingerprint density at radius 2 is 1.96 bits per heavy atom. The molecule has 26 heavy (non-hydrogen) atoms. The van der Waals surface area contributed by atoms with Crippen molar-refractivity contribution in [2.45, 2.75) is 0 Å². The minimum absolute atomic E-state index is 0.0243. The maximum Gasteiger partial charge on any atom is 0.259 e. The summed E-state index contributed by atoms with van der Waals surface area (Å²) in [5, 5.41) is 19.0. The Morgan fingerprint density at radius 1 is 1.15 bits per heavy atom. The fraction of sp³-hybridized carbons (Fsp3) is 0.100. The summed E-state index contributed by atoms with van der Waals surface area (Å²) < 4.78 is 5.01. The molecule has 0 aliphatic rings. The van der Waals surface area contributed by atoms with Crippen molar-refractivity contribution in [3.05, 3.63) is 66.2 Å². The van der Waals surface area contributed by atoms with Crippen LogP contribution in [0.2, 0.25) is 0 Å². The van der Waals surface area contributed by atoms with Crippen LogP contribution in [0.3, 0.4) is 0 Å². The van der Waals surface area contributed by atoms with E-state index in [-0.39, 0.29) is 18.2 Å². The first-order valence-electron chi connectivity index (χ1n) is 8.08. The van der Waals surface area contributed by atoms with E-state index >= 15 is 0 Å². The van der Waals surface area contributed by atoms with Crippen molar-refractivity contribution in [3.8, 4) is 11.5 Å². The van der Waals surface area contributed by atoms with E-state index in [0.717, 1.165) is 16.5 Å². The summed E-state index contributed by atoms with van der Waals surface area (Å²) in [7, 11) is 1.52. The first-order chi connectivity index (χ1) is 12.7. The van der Waals surface area contributed by atoms with Crippen molar-refractivity contribution in [2.75, 3.05) is 19.0 Å². The van der Waals surface area contributed by atoms with Crippen LogP contribution in [0.15, 0.2) is 65.8 Å². The predicted molar refractivity (Wildman–Crippen MR) is 103 cm³/mol. The third-order valence-electron chi connectivity index (χ3n) is 3.86. The second-order valence-electron chi connectivity index (χ2n) is 5.60. The molecule has 0 saturated heterocycles. The van der Waals surface area contributed by atoms with Gasteiger partial charge in [-0.05, 0) is 23.6 Å². The molecule has 6 heteroatoms. The van der Waals surface area contributed by atoms with Crippen LogP contribution in [0.5, 0.6) is 11.5 Å². The summed E-state index contributed by atoms with van der Waals surface area (Å²) in [6.07, 6.45) is 1.38. The van der Waals surface area contributed by atoms with Crippen molar-refractivity contribution in [1.29, 1.82) is 0 Å². The molecule has 0 heterocycles. The van der Waals surface area contributed by atoms with Gasteiger partial charge in [0.25, 0.3) is 5.91 Å². The van der Waals surface area contributed by atoms with Gasteiger partial charge >= 0.3 is 0 Å². The van der Waals surface area contributed by atoms with Gasteiger partial charge in [-0.25, -0.2) is 5.43 Å². The van der Waals surface area contributed by atoms with Gasteiger partial charge in [0.2, 0.25) is 0 Å².